The fourth-order valence-corrected chi connectivity index (χ4v) is 1.39. The number of halogens is 1. The summed E-state index contributed by atoms with van der Waals surface area (Å²) >= 11 is 5.45. The van der Waals surface area contributed by atoms with Crippen LogP contribution in [0.15, 0.2) is 12.1 Å². The number of ether oxygens (including phenoxy) is 2. The highest BCUT2D eigenvalue weighted by atomic mass is 35.5. The van der Waals surface area contributed by atoms with Gasteiger partial charge in [0.2, 0.25) is 5.75 Å². The number of nitro groups is 1. The zero-order valence-electron chi connectivity index (χ0n) is 9.01. The second kappa shape index (κ2) is 6.05. The molecule has 6 nitrogen and oxygen atoms in total. The van der Waals surface area contributed by atoms with Gasteiger partial charge in [0.1, 0.15) is 6.61 Å². The Morgan fingerprint density at radius 3 is 2.71 bits per heavy atom. The van der Waals surface area contributed by atoms with E-state index in [0.29, 0.717) is 6.29 Å². The third-order valence-corrected chi connectivity index (χ3v) is 2.13. The van der Waals surface area contributed by atoms with Gasteiger partial charge in [-0.1, -0.05) is 0 Å². The van der Waals surface area contributed by atoms with Gasteiger partial charge >= 0.3 is 5.69 Å². The first-order valence-electron chi connectivity index (χ1n) is 4.65. The van der Waals surface area contributed by atoms with E-state index >= 15 is 0 Å². The summed E-state index contributed by atoms with van der Waals surface area (Å²) in [6.07, 6.45) is 0.395. The molecule has 92 valence electrons. The highest BCUT2D eigenvalue weighted by Crippen LogP contribution is 2.38. The van der Waals surface area contributed by atoms with Gasteiger partial charge in [-0.05, 0) is 12.1 Å². The lowest BCUT2D eigenvalue weighted by Gasteiger charge is -2.10. The minimum atomic E-state index is -0.684. The first-order valence-corrected chi connectivity index (χ1v) is 5.18. The largest absolute Gasteiger partial charge is 0.488 e. The van der Waals surface area contributed by atoms with Crippen LogP contribution in [0.25, 0.3) is 0 Å². The molecule has 17 heavy (non-hydrogen) atoms. The van der Waals surface area contributed by atoms with E-state index in [0.717, 1.165) is 0 Å². The first-order chi connectivity index (χ1) is 8.15. The Kier molecular flexibility index (Phi) is 4.71. The van der Waals surface area contributed by atoms with Crippen molar-refractivity contribution < 1.29 is 19.2 Å². The number of hydrogen-bond acceptors (Lipinski definition) is 5. The summed E-state index contributed by atoms with van der Waals surface area (Å²) in [5, 5.41) is 10.9. The molecule has 0 spiro atoms. The standard InChI is InChI=1S/C10H10ClNO5/c1-16-10-8(17-5-4-11)3-2-7(6-13)9(10)12(14)15/h2-3,6H,4-5H2,1H3. The average Bonchev–Trinajstić information content (AvgIpc) is 2.34. The lowest BCUT2D eigenvalue weighted by molar-refractivity contribution is -0.386. The van der Waals surface area contributed by atoms with Crippen LogP contribution in [0.1, 0.15) is 10.4 Å². The second-order valence-electron chi connectivity index (χ2n) is 2.95. The maximum atomic E-state index is 10.9. The molecule has 1 aromatic rings. The number of benzene rings is 1. The van der Waals surface area contributed by atoms with E-state index in [4.69, 9.17) is 21.1 Å². The Bertz CT molecular complexity index is 435. The van der Waals surface area contributed by atoms with Crippen LogP contribution in [-0.4, -0.2) is 30.8 Å². The second-order valence-corrected chi connectivity index (χ2v) is 3.33. The van der Waals surface area contributed by atoms with Crippen LogP contribution in [0.4, 0.5) is 5.69 Å². The van der Waals surface area contributed by atoms with Gasteiger partial charge in [0.25, 0.3) is 0 Å². The minimum Gasteiger partial charge on any atom is -0.488 e. The molecule has 0 amide bonds. The van der Waals surface area contributed by atoms with Gasteiger partial charge in [-0.15, -0.1) is 11.6 Å². The first kappa shape index (κ1) is 13.2. The van der Waals surface area contributed by atoms with E-state index in [2.05, 4.69) is 0 Å². The smallest absolute Gasteiger partial charge is 0.325 e. The van der Waals surface area contributed by atoms with Crippen LogP contribution < -0.4 is 9.47 Å². The molecule has 0 saturated carbocycles. The number of alkyl halides is 1. The average molecular weight is 260 g/mol. The molecule has 7 heteroatoms. The third kappa shape index (κ3) is 2.85. The van der Waals surface area contributed by atoms with E-state index in [-0.39, 0.29) is 29.5 Å². The summed E-state index contributed by atoms with van der Waals surface area (Å²) in [4.78, 5) is 20.9. The third-order valence-electron chi connectivity index (χ3n) is 1.97. The maximum Gasteiger partial charge on any atom is 0.325 e. The Hall–Kier alpha value is -1.82. The van der Waals surface area contributed by atoms with Crippen molar-refractivity contribution in [2.45, 2.75) is 0 Å². The molecular formula is C10H10ClNO5. The van der Waals surface area contributed by atoms with Gasteiger partial charge in [-0.2, -0.15) is 0 Å². The molecule has 1 aromatic carbocycles. The zero-order valence-corrected chi connectivity index (χ0v) is 9.77. The molecule has 0 fully saturated rings. The van der Waals surface area contributed by atoms with Gasteiger partial charge in [0, 0.05) is 0 Å². The van der Waals surface area contributed by atoms with Crippen LogP contribution in [0.2, 0.25) is 0 Å². The van der Waals surface area contributed by atoms with Crippen molar-refractivity contribution in [1.29, 1.82) is 0 Å². The van der Waals surface area contributed by atoms with Crippen molar-refractivity contribution in [3.05, 3.63) is 27.8 Å². The van der Waals surface area contributed by atoms with Gasteiger partial charge in [0.05, 0.1) is 23.5 Å². The van der Waals surface area contributed by atoms with Gasteiger partial charge in [-0.25, -0.2) is 0 Å². The summed E-state index contributed by atoms with van der Waals surface area (Å²) in [7, 11) is 1.27. The number of methoxy groups -OCH3 is 1. The summed E-state index contributed by atoms with van der Waals surface area (Å²) in [6, 6.07) is 2.74. The molecule has 0 saturated heterocycles. The topological polar surface area (TPSA) is 78.7 Å². The van der Waals surface area contributed by atoms with Crippen molar-refractivity contribution in [2.75, 3.05) is 19.6 Å². The number of nitrogens with zero attached hydrogens (tertiary/aromatic N) is 1. The molecule has 1 rings (SSSR count). The molecule has 0 bridgehead atoms. The highest BCUT2D eigenvalue weighted by Gasteiger charge is 2.24. The molecule has 0 unspecified atom stereocenters. The van der Waals surface area contributed by atoms with E-state index in [1.807, 2.05) is 0 Å². The van der Waals surface area contributed by atoms with Gasteiger partial charge in [-0.3, -0.25) is 14.9 Å². The molecule has 0 atom stereocenters. The van der Waals surface area contributed by atoms with E-state index in [9.17, 15) is 14.9 Å². The van der Waals surface area contributed by atoms with Gasteiger partial charge < -0.3 is 9.47 Å². The van der Waals surface area contributed by atoms with Crippen LogP contribution in [-0.2, 0) is 0 Å². The predicted molar refractivity (Wildman–Crippen MR) is 61.3 cm³/mol. The van der Waals surface area contributed by atoms with E-state index < -0.39 is 10.6 Å². The molecule has 0 heterocycles. The van der Waals surface area contributed by atoms with Crippen molar-refractivity contribution >= 4 is 23.6 Å². The molecule has 0 aliphatic rings. The number of rotatable bonds is 6. The number of carbonyl (C=O) groups is 1. The lowest BCUT2D eigenvalue weighted by atomic mass is 10.1. The Labute approximate surface area is 102 Å². The SMILES string of the molecule is COc1c(OCCCl)ccc(C=O)c1[N+](=O)[O-]. The van der Waals surface area contributed by atoms with Crippen molar-refractivity contribution in [3.63, 3.8) is 0 Å². The van der Waals surface area contributed by atoms with Crippen molar-refractivity contribution in [3.8, 4) is 11.5 Å². The zero-order chi connectivity index (χ0) is 12.8. The fraction of sp³-hybridized carbons (Fsp3) is 0.300. The highest BCUT2D eigenvalue weighted by molar-refractivity contribution is 6.18. The number of nitro benzene ring substituents is 1. The lowest BCUT2D eigenvalue weighted by Crippen LogP contribution is -2.04. The van der Waals surface area contributed by atoms with Crippen molar-refractivity contribution in [2.24, 2.45) is 0 Å². The Balaban J connectivity index is 3.30. The van der Waals surface area contributed by atoms with Crippen LogP contribution in [0.3, 0.4) is 0 Å². The summed E-state index contributed by atoms with van der Waals surface area (Å²) in [6.45, 7) is 0.190. The molecule has 0 aliphatic carbocycles. The normalized spacial score (nSPS) is 9.76. The molecule has 0 N–H and O–H groups in total. The monoisotopic (exact) mass is 259 g/mol. The van der Waals surface area contributed by atoms with Crippen molar-refractivity contribution in [1.82, 2.24) is 0 Å². The summed E-state index contributed by atoms with van der Waals surface area (Å²) in [5.41, 5.74) is -0.473. The number of aldehydes is 1. The van der Waals surface area contributed by atoms with Crippen LogP contribution >= 0.6 is 11.6 Å². The quantitative estimate of drug-likeness (QED) is 0.338. The van der Waals surface area contributed by atoms with E-state index in [1.165, 1.54) is 19.2 Å². The van der Waals surface area contributed by atoms with Gasteiger partial charge in [0.15, 0.2) is 12.0 Å². The van der Waals surface area contributed by atoms with Crippen LogP contribution in [0.5, 0.6) is 11.5 Å². The maximum absolute atomic E-state index is 10.9. The summed E-state index contributed by atoms with van der Waals surface area (Å²) in [5.74, 6) is 0.349. The Morgan fingerprint density at radius 1 is 1.53 bits per heavy atom. The molecule has 0 radical (unpaired) electrons. The number of hydrogen-bond donors (Lipinski definition) is 0. The summed E-state index contributed by atoms with van der Waals surface area (Å²) < 4.78 is 10.1. The predicted octanol–water partition coefficient (Wildman–Crippen LogP) is 2.03. The van der Waals surface area contributed by atoms with Crippen LogP contribution in [0, 0.1) is 10.1 Å². The fourth-order valence-electron chi connectivity index (χ4n) is 1.31. The Morgan fingerprint density at radius 2 is 2.24 bits per heavy atom. The van der Waals surface area contributed by atoms with E-state index in [1.54, 1.807) is 0 Å². The molecular weight excluding hydrogens is 250 g/mol. The minimum absolute atomic E-state index is 0.0647. The number of carbonyl (C=O) groups excluding carboxylic acids is 1. The molecule has 0 aromatic heterocycles. The molecule has 0 aliphatic heterocycles.